The van der Waals surface area contributed by atoms with Crippen molar-refractivity contribution in [1.82, 2.24) is 5.32 Å². The molecule has 1 heterocycles. The van der Waals surface area contributed by atoms with Crippen LogP contribution in [0.15, 0.2) is 46.3 Å². The van der Waals surface area contributed by atoms with Crippen LogP contribution in [0.1, 0.15) is 23.6 Å². The van der Waals surface area contributed by atoms with Crippen LogP contribution in [0.3, 0.4) is 0 Å². The molecule has 1 aliphatic rings. The van der Waals surface area contributed by atoms with Crippen LogP contribution in [-0.2, 0) is 9.59 Å². The van der Waals surface area contributed by atoms with E-state index in [2.05, 4.69) is 16.4 Å². The number of hydrogen-bond donors (Lipinski definition) is 2. The molecule has 2 N–H and O–H groups in total. The van der Waals surface area contributed by atoms with E-state index in [-0.39, 0.29) is 5.91 Å². The molecule has 1 aliphatic heterocycles. The number of carboxylic acids is 1. The van der Waals surface area contributed by atoms with Gasteiger partial charge in [-0.25, -0.2) is 9.79 Å². The zero-order chi connectivity index (χ0) is 21.8. The predicted octanol–water partition coefficient (Wildman–Crippen LogP) is 4.06. The fourth-order valence-corrected chi connectivity index (χ4v) is 3.72. The number of benzene rings is 2. The first-order valence-electron chi connectivity index (χ1n) is 9.20. The molecular formula is C22H22N2O5S. The van der Waals surface area contributed by atoms with Crippen LogP contribution in [0.2, 0.25) is 0 Å². The summed E-state index contributed by atoms with van der Waals surface area (Å²) in [7, 11) is 1.47. The van der Waals surface area contributed by atoms with Crippen LogP contribution in [-0.4, -0.2) is 35.4 Å². The SMILES string of the molecule is COc1cc(C=C2SC(=Nc3cc(C)cc(C)c3)NC2=O)ccc1OC(C)C(=O)O. The quantitative estimate of drug-likeness (QED) is 0.676. The molecule has 3 rings (SSSR count). The van der Waals surface area contributed by atoms with Crippen molar-refractivity contribution in [2.45, 2.75) is 26.9 Å². The van der Waals surface area contributed by atoms with E-state index in [0.717, 1.165) is 16.8 Å². The number of amidine groups is 1. The van der Waals surface area contributed by atoms with E-state index >= 15 is 0 Å². The van der Waals surface area contributed by atoms with Crippen molar-refractivity contribution >= 4 is 40.6 Å². The molecule has 1 unspecified atom stereocenters. The van der Waals surface area contributed by atoms with Crippen LogP contribution in [0.5, 0.6) is 11.5 Å². The molecule has 0 aliphatic carbocycles. The number of carbonyl (C=O) groups is 2. The molecule has 30 heavy (non-hydrogen) atoms. The Balaban J connectivity index is 1.82. The highest BCUT2D eigenvalue weighted by Gasteiger charge is 2.24. The largest absolute Gasteiger partial charge is 0.493 e. The van der Waals surface area contributed by atoms with Crippen LogP contribution in [0.4, 0.5) is 5.69 Å². The molecule has 0 aromatic heterocycles. The molecule has 0 radical (unpaired) electrons. The summed E-state index contributed by atoms with van der Waals surface area (Å²) in [5.74, 6) is -0.611. The highest BCUT2D eigenvalue weighted by Crippen LogP contribution is 2.33. The van der Waals surface area contributed by atoms with Gasteiger partial charge in [0.2, 0.25) is 0 Å². The Morgan fingerprint density at radius 2 is 1.87 bits per heavy atom. The number of carboxylic acid groups (broad SMARTS) is 1. The molecule has 1 fully saturated rings. The number of aliphatic carboxylic acids is 1. The summed E-state index contributed by atoms with van der Waals surface area (Å²) in [5.41, 5.74) is 3.71. The van der Waals surface area contributed by atoms with Crippen molar-refractivity contribution in [3.8, 4) is 11.5 Å². The molecule has 0 saturated carbocycles. The molecule has 0 spiro atoms. The number of thioether (sulfide) groups is 1. The zero-order valence-electron chi connectivity index (χ0n) is 17.1. The molecule has 2 aromatic carbocycles. The number of amides is 1. The Kier molecular flexibility index (Phi) is 6.47. The van der Waals surface area contributed by atoms with Gasteiger partial charge < -0.3 is 19.9 Å². The van der Waals surface area contributed by atoms with Gasteiger partial charge in [0.1, 0.15) is 0 Å². The standard InChI is InChI=1S/C22H22N2O5S/c1-12-7-13(2)9-16(8-12)23-22-24-20(25)19(30-22)11-15-5-6-17(18(10-15)28-4)29-14(3)21(26)27/h5-11,14H,1-4H3,(H,26,27)(H,23,24,25). The number of methoxy groups -OCH3 is 1. The van der Waals surface area contributed by atoms with Gasteiger partial charge in [-0.2, -0.15) is 0 Å². The first-order valence-corrected chi connectivity index (χ1v) is 10.0. The number of carbonyl (C=O) groups excluding carboxylic acids is 1. The molecule has 7 nitrogen and oxygen atoms in total. The van der Waals surface area contributed by atoms with Gasteiger partial charge in [-0.05, 0) is 79.6 Å². The van der Waals surface area contributed by atoms with Crippen molar-refractivity contribution in [3.05, 3.63) is 58.0 Å². The minimum absolute atomic E-state index is 0.234. The van der Waals surface area contributed by atoms with E-state index in [1.54, 1.807) is 24.3 Å². The lowest BCUT2D eigenvalue weighted by Gasteiger charge is -2.14. The number of aryl methyl sites for hydroxylation is 2. The number of nitrogens with one attached hydrogen (secondary N) is 1. The van der Waals surface area contributed by atoms with Crippen molar-refractivity contribution in [3.63, 3.8) is 0 Å². The second-order valence-corrected chi connectivity index (χ2v) is 7.87. The summed E-state index contributed by atoms with van der Waals surface area (Å²) >= 11 is 1.25. The molecule has 8 heteroatoms. The smallest absolute Gasteiger partial charge is 0.344 e. The summed E-state index contributed by atoms with van der Waals surface area (Å²) in [4.78, 5) is 28.4. The van der Waals surface area contributed by atoms with Crippen LogP contribution < -0.4 is 14.8 Å². The van der Waals surface area contributed by atoms with E-state index in [4.69, 9.17) is 14.6 Å². The molecule has 0 bridgehead atoms. The average Bonchev–Trinajstić information content (AvgIpc) is 3.00. The number of rotatable bonds is 6. The van der Waals surface area contributed by atoms with Crippen molar-refractivity contribution in [2.24, 2.45) is 4.99 Å². The van der Waals surface area contributed by atoms with Gasteiger partial charge in [-0.1, -0.05) is 12.1 Å². The van der Waals surface area contributed by atoms with E-state index in [0.29, 0.717) is 27.1 Å². The van der Waals surface area contributed by atoms with E-state index in [1.165, 1.54) is 25.8 Å². The molecule has 156 valence electrons. The Hall–Kier alpha value is -3.26. The summed E-state index contributed by atoms with van der Waals surface area (Å²) < 4.78 is 10.7. The number of ether oxygens (including phenoxy) is 2. The van der Waals surface area contributed by atoms with Crippen molar-refractivity contribution in [1.29, 1.82) is 0 Å². The second-order valence-electron chi connectivity index (χ2n) is 6.84. The van der Waals surface area contributed by atoms with Gasteiger partial charge in [0.15, 0.2) is 22.8 Å². The van der Waals surface area contributed by atoms with Crippen LogP contribution in [0, 0.1) is 13.8 Å². The van der Waals surface area contributed by atoms with Gasteiger partial charge in [0, 0.05) is 0 Å². The van der Waals surface area contributed by atoms with Gasteiger partial charge in [-0.3, -0.25) is 4.79 Å². The van der Waals surface area contributed by atoms with Crippen molar-refractivity contribution in [2.75, 3.05) is 7.11 Å². The normalized spacial score (nSPS) is 17.1. The molecule has 1 amide bonds. The Morgan fingerprint density at radius 1 is 1.17 bits per heavy atom. The number of nitrogens with zero attached hydrogens (tertiary/aromatic N) is 1. The maximum Gasteiger partial charge on any atom is 0.344 e. The highest BCUT2D eigenvalue weighted by atomic mass is 32.2. The third kappa shape index (κ3) is 5.21. The fraction of sp³-hybridized carbons (Fsp3) is 0.227. The predicted molar refractivity (Wildman–Crippen MR) is 117 cm³/mol. The minimum Gasteiger partial charge on any atom is -0.493 e. The van der Waals surface area contributed by atoms with Gasteiger partial charge >= 0.3 is 5.97 Å². The molecule has 2 aromatic rings. The van der Waals surface area contributed by atoms with E-state index < -0.39 is 12.1 Å². The summed E-state index contributed by atoms with van der Waals surface area (Å²) in [6, 6.07) is 11.0. The van der Waals surface area contributed by atoms with Crippen LogP contribution in [0.25, 0.3) is 6.08 Å². The second kappa shape index (κ2) is 9.04. The third-order valence-corrected chi connectivity index (χ3v) is 5.13. The van der Waals surface area contributed by atoms with Crippen molar-refractivity contribution < 1.29 is 24.2 Å². The first-order chi connectivity index (χ1) is 14.2. The molecule has 1 saturated heterocycles. The third-order valence-electron chi connectivity index (χ3n) is 4.22. The fourth-order valence-electron chi connectivity index (χ4n) is 2.88. The Bertz CT molecular complexity index is 1040. The lowest BCUT2D eigenvalue weighted by Crippen LogP contribution is -2.23. The van der Waals surface area contributed by atoms with E-state index in [1.807, 2.05) is 26.0 Å². The minimum atomic E-state index is -1.07. The van der Waals surface area contributed by atoms with Gasteiger partial charge in [-0.15, -0.1) is 0 Å². The van der Waals surface area contributed by atoms with Gasteiger partial charge in [0.25, 0.3) is 5.91 Å². The topological polar surface area (TPSA) is 97.2 Å². The monoisotopic (exact) mass is 426 g/mol. The number of hydrogen-bond acceptors (Lipinski definition) is 6. The highest BCUT2D eigenvalue weighted by molar-refractivity contribution is 8.18. The average molecular weight is 426 g/mol. The lowest BCUT2D eigenvalue weighted by atomic mass is 10.1. The van der Waals surface area contributed by atoms with Crippen LogP contribution >= 0.6 is 11.8 Å². The number of aliphatic imine (C=N–C) groups is 1. The molecule has 1 atom stereocenters. The maximum atomic E-state index is 12.4. The first kappa shape index (κ1) is 21.4. The maximum absolute atomic E-state index is 12.4. The lowest BCUT2D eigenvalue weighted by molar-refractivity contribution is -0.144. The Labute approximate surface area is 178 Å². The zero-order valence-corrected chi connectivity index (χ0v) is 17.9. The summed E-state index contributed by atoms with van der Waals surface area (Å²) in [6.07, 6.45) is 0.708. The van der Waals surface area contributed by atoms with Gasteiger partial charge in [0.05, 0.1) is 17.7 Å². The molecular weight excluding hydrogens is 404 g/mol. The Morgan fingerprint density at radius 3 is 2.50 bits per heavy atom. The summed E-state index contributed by atoms with van der Waals surface area (Å²) in [6.45, 7) is 5.44. The van der Waals surface area contributed by atoms with E-state index in [9.17, 15) is 9.59 Å². The summed E-state index contributed by atoms with van der Waals surface area (Å²) in [5, 5.41) is 12.3.